The number of aromatic nitrogens is 1. The number of aryl methyl sites for hydroxylation is 2. The fourth-order valence-electron chi connectivity index (χ4n) is 3.50. The molecule has 0 spiro atoms. The number of nitrogens with one attached hydrogen (secondary N) is 1. The lowest BCUT2D eigenvalue weighted by atomic mass is 10.1. The summed E-state index contributed by atoms with van der Waals surface area (Å²) >= 11 is 0. The zero-order valence-electron chi connectivity index (χ0n) is 16.8. The van der Waals surface area contributed by atoms with Crippen LogP contribution in [0.1, 0.15) is 11.1 Å². The predicted molar refractivity (Wildman–Crippen MR) is 118 cm³/mol. The maximum absolute atomic E-state index is 13.2. The van der Waals surface area contributed by atoms with Crippen molar-refractivity contribution in [2.75, 3.05) is 5.32 Å². The van der Waals surface area contributed by atoms with E-state index in [1.165, 1.54) is 0 Å². The van der Waals surface area contributed by atoms with Gasteiger partial charge in [0, 0.05) is 22.8 Å². The molecule has 1 N–H and O–H groups in total. The molecule has 0 saturated carbocycles. The Balaban J connectivity index is 1.71. The van der Waals surface area contributed by atoms with Gasteiger partial charge in [-0.3, -0.25) is 4.79 Å². The van der Waals surface area contributed by atoms with Gasteiger partial charge in [0.1, 0.15) is 6.54 Å². The molecule has 4 aromatic rings. The van der Waals surface area contributed by atoms with Crippen molar-refractivity contribution in [1.82, 2.24) is 4.57 Å². The first kappa shape index (κ1) is 19.9. The second-order valence-electron chi connectivity index (χ2n) is 7.32. The van der Waals surface area contributed by atoms with Gasteiger partial charge in [0.15, 0.2) is 0 Å². The molecule has 0 aliphatic rings. The van der Waals surface area contributed by atoms with Gasteiger partial charge in [-0.05, 0) is 49.2 Å². The SMILES string of the molecule is Cc1ccc(C)c(NC(=O)Cn2cc(S(=O)(=O)c3ccccc3)c3ccccc32)c1. The topological polar surface area (TPSA) is 68.2 Å². The Bertz CT molecular complexity index is 1340. The minimum atomic E-state index is -3.70. The Morgan fingerprint density at radius 3 is 2.40 bits per heavy atom. The Labute approximate surface area is 175 Å². The first-order valence-corrected chi connectivity index (χ1v) is 11.1. The second-order valence-corrected chi connectivity index (χ2v) is 9.24. The van der Waals surface area contributed by atoms with Gasteiger partial charge >= 0.3 is 0 Å². The molecular formula is C24H22N2O3S. The molecule has 0 saturated heterocycles. The average Bonchev–Trinajstić information content (AvgIpc) is 3.11. The number of carbonyl (C=O) groups excluding carboxylic acids is 1. The number of hydrogen-bond donors (Lipinski definition) is 1. The summed E-state index contributed by atoms with van der Waals surface area (Å²) in [7, 11) is -3.70. The average molecular weight is 419 g/mol. The molecule has 6 heteroatoms. The molecule has 1 heterocycles. The van der Waals surface area contributed by atoms with E-state index in [4.69, 9.17) is 0 Å². The van der Waals surface area contributed by atoms with Gasteiger partial charge in [0.25, 0.3) is 0 Å². The number of para-hydroxylation sites is 1. The molecule has 0 unspecified atom stereocenters. The first-order valence-electron chi connectivity index (χ1n) is 9.61. The summed E-state index contributed by atoms with van der Waals surface area (Å²) in [5.74, 6) is -0.215. The first-order chi connectivity index (χ1) is 14.4. The molecule has 0 fully saturated rings. The van der Waals surface area contributed by atoms with E-state index in [1.807, 2.05) is 44.2 Å². The minimum absolute atomic E-state index is 0.0121. The number of nitrogens with zero attached hydrogens (tertiary/aromatic N) is 1. The molecule has 1 amide bonds. The Hall–Kier alpha value is -3.38. The molecule has 0 bridgehead atoms. The molecule has 5 nitrogen and oxygen atoms in total. The highest BCUT2D eigenvalue weighted by molar-refractivity contribution is 7.91. The lowest BCUT2D eigenvalue weighted by Crippen LogP contribution is -2.19. The van der Waals surface area contributed by atoms with Gasteiger partial charge in [-0.2, -0.15) is 0 Å². The normalized spacial score (nSPS) is 11.5. The van der Waals surface area contributed by atoms with Gasteiger partial charge in [0.2, 0.25) is 15.7 Å². The summed E-state index contributed by atoms with van der Waals surface area (Å²) in [5.41, 5.74) is 3.48. The highest BCUT2D eigenvalue weighted by atomic mass is 32.2. The molecular weight excluding hydrogens is 396 g/mol. The Morgan fingerprint density at radius 2 is 1.63 bits per heavy atom. The number of carbonyl (C=O) groups is 1. The quantitative estimate of drug-likeness (QED) is 0.509. The van der Waals surface area contributed by atoms with Crippen LogP contribution in [0.5, 0.6) is 0 Å². The van der Waals surface area contributed by atoms with Crippen LogP contribution in [0.25, 0.3) is 10.9 Å². The number of sulfone groups is 1. The third kappa shape index (κ3) is 3.74. The summed E-state index contributed by atoms with van der Waals surface area (Å²) in [6.45, 7) is 3.91. The van der Waals surface area contributed by atoms with Crippen molar-refractivity contribution in [3.8, 4) is 0 Å². The van der Waals surface area contributed by atoms with Gasteiger partial charge in [-0.1, -0.05) is 48.5 Å². The van der Waals surface area contributed by atoms with Crippen LogP contribution in [0, 0.1) is 13.8 Å². The molecule has 30 heavy (non-hydrogen) atoms. The monoisotopic (exact) mass is 418 g/mol. The zero-order chi connectivity index (χ0) is 21.3. The van der Waals surface area contributed by atoms with Crippen LogP contribution < -0.4 is 5.32 Å². The van der Waals surface area contributed by atoms with Gasteiger partial charge in [0.05, 0.1) is 9.79 Å². The number of fused-ring (bicyclic) bond motifs is 1. The second kappa shape index (κ2) is 7.80. The fraction of sp³-hybridized carbons (Fsp3) is 0.125. The fourth-order valence-corrected chi connectivity index (χ4v) is 5.00. The molecule has 4 rings (SSSR count). The largest absolute Gasteiger partial charge is 0.337 e. The van der Waals surface area contributed by atoms with Crippen LogP contribution in [0.15, 0.2) is 88.8 Å². The van der Waals surface area contributed by atoms with E-state index in [9.17, 15) is 13.2 Å². The minimum Gasteiger partial charge on any atom is -0.337 e. The number of anilines is 1. The van der Waals surface area contributed by atoms with Crippen LogP contribution in [0.3, 0.4) is 0 Å². The van der Waals surface area contributed by atoms with E-state index in [0.717, 1.165) is 16.8 Å². The molecule has 0 atom stereocenters. The van der Waals surface area contributed by atoms with Crippen LogP contribution in [0.4, 0.5) is 5.69 Å². The van der Waals surface area contributed by atoms with Crippen LogP contribution >= 0.6 is 0 Å². The van der Waals surface area contributed by atoms with E-state index in [0.29, 0.717) is 10.9 Å². The van der Waals surface area contributed by atoms with Gasteiger partial charge in [-0.15, -0.1) is 0 Å². The van der Waals surface area contributed by atoms with Crippen molar-refractivity contribution in [1.29, 1.82) is 0 Å². The molecule has 0 radical (unpaired) electrons. The third-order valence-corrected chi connectivity index (χ3v) is 6.87. The van der Waals surface area contributed by atoms with Gasteiger partial charge < -0.3 is 9.88 Å². The van der Waals surface area contributed by atoms with E-state index in [2.05, 4.69) is 5.32 Å². The van der Waals surface area contributed by atoms with Crippen molar-refractivity contribution >= 4 is 32.3 Å². The van der Waals surface area contributed by atoms with E-state index in [1.54, 1.807) is 53.2 Å². The lowest BCUT2D eigenvalue weighted by Gasteiger charge is -2.10. The maximum atomic E-state index is 13.2. The zero-order valence-corrected chi connectivity index (χ0v) is 17.6. The van der Waals surface area contributed by atoms with Gasteiger partial charge in [-0.25, -0.2) is 8.42 Å². The number of rotatable bonds is 5. The standard InChI is InChI=1S/C24H22N2O3S/c1-17-12-13-18(2)21(14-17)25-24(27)16-26-15-23(20-10-6-7-11-22(20)26)30(28,29)19-8-4-3-5-9-19/h3-15H,16H2,1-2H3,(H,25,27). The van der Waals surface area contributed by atoms with E-state index < -0.39 is 9.84 Å². The van der Waals surface area contributed by atoms with E-state index >= 15 is 0 Å². The molecule has 152 valence electrons. The highest BCUT2D eigenvalue weighted by Crippen LogP contribution is 2.30. The van der Waals surface area contributed by atoms with Crippen LogP contribution in [-0.4, -0.2) is 18.9 Å². The smallest absolute Gasteiger partial charge is 0.244 e. The van der Waals surface area contributed by atoms with Crippen molar-refractivity contribution < 1.29 is 13.2 Å². The predicted octanol–water partition coefficient (Wildman–Crippen LogP) is 4.73. The lowest BCUT2D eigenvalue weighted by molar-refractivity contribution is -0.116. The van der Waals surface area contributed by atoms with Crippen molar-refractivity contribution in [2.45, 2.75) is 30.2 Å². The number of benzene rings is 3. The molecule has 3 aromatic carbocycles. The molecule has 0 aliphatic heterocycles. The van der Waals surface area contributed by atoms with Crippen LogP contribution in [0.2, 0.25) is 0 Å². The van der Waals surface area contributed by atoms with Crippen molar-refractivity contribution in [2.24, 2.45) is 0 Å². The summed E-state index contributed by atoms with van der Waals surface area (Å²) in [4.78, 5) is 13.2. The van der Waals surface area contributed by atoms with E-state index in [-0.39, 0.29) is 22.2 Å². The van der Waals surface area contributed by atoms with Crippen LogP contribution in [-0.2, 0) is 21.2 Å². The van der Waals surface area contributed by atoms with Crippen molar-refractivity contribution in [3.63, 3.8) is 0 Å². The molecule has 1 aromatic heterocycles. The maximum Gasteiger partial charge on any atom is 0.244 e. The summed E-state index contributed by atoms with van der Waals surface area (Å²) in [6, 6.07) is 21.4. The summed E-state index contributed by atoms with van der Waals surface area (Å²) in [5, 5.41) is 3.53. The number of hydrogen-bond acceptors (Lipinski definition) is 3. The summed E-state index contributed by atoms with van der Waals surface area (Å²) < 4.78 is 28.1. The Morgan fingerprint density at radius 1 is 0.933 bits per heavy atom. The summed E-state index contributed by atoms with van der Waals surface area (Å²) in [6.07, 6.45) is 1.55. The molecule has 0 aliphatic carbocycles. The third-order valence-electron chi connectivity index (χ3n) is 5.08. The number of amides is 1. The Kier molecular flexibility index (Phi) is 5.18. The van der Waals surface area contributed by atoms with Crippen molar-refractivity contribution in [3.05, 3.63) is 90.1 Å². The highest BCUT2D eigenvalue weighted by Gasteiger charge is 2.23.